The topological polar surface area (TPSA) is 60.8 Å². The van der Waals surface area contributed by atoms with Crippen LogP contribution in [0.2, 0.25) is 0 Å². The fourth-order valence-electron chi connectivity index (χ4n) is 4.79. The summed E-state index contributed by atoms with van der Waals surface area (Å²) in [6.07, 6.45) is 1.83. The number of phenols is 1. The van der Waals surface area contributed by atoms with Crippen LogP contribution in [0.15, 0.2) is 42.5 Å². The molecule has 2 fully saturated rings. The Kier molecular flexibility index (Phi) is 4.93. The van der Waals surface area contributed by atoms with Crippen molar-refractivity contribution < 1.29 is 23.8 Å². The number of Topliss-reactive ketones (excluding diaryl/α,β-unsaturated/α-hetero) is 1. The fraction of sp³-hybridized carbons (Fsp3) is 0.409. The number of benzene rings is 2. The molecule has 2 aromatic rings. The highest BCUT2D eigenvalue weighted by Gasteiger charge is 2.48. The van der Waals surface area contributed by atoms with Crippen molar-refractivity contribution in [3.05, 3.63) is 65.2 Å². The Labute approximate surface area is 162 Å². The fourth-order valence-corrected chi connectivity index (χ4v) is 4.79. The molecule has 1 heterocycles. The lowest BCUT2D eigenvalue weighted by Gasteiger charge is -2.26. The minimum Gasteiger partial charge on any atom is -0.505 e. The van der Waals surface area contributed by atoms with E-state index in [-0.39, 0.29) is 23.7 Å². The van der Waals surface area contributed by atoms with Crippen molar-refractivity contribution >= 4 is 5.78 Å². The molecule has 2 aromatic carbocycles. The standard InChI is InChI=1S/C22H23F2NO3/c23-18-4-1-14(2-5-18)8-22(28)9-16-11-25(12-17(16)10-22)13-21(27)15-3-6-20(26)19(24)7-15/h1-7,16-17,26,28H,8-13H2/t16-,17+,22-. The third kappa shape index (κ3) is 3.93. The van der Waals surface area contributed by atoms with Crippen LogP contribution in [0, 0.1) is 23.5 Å². The number of phenolic OH excluding ortho intramolecular Hbond substituents is 1. The van der Waals surface area contributed by atoms with Gasteiger partial charge in [-0.3, -0.25) is 9.69 Å². The summed E-state index contributed by atoms with van der Waals surface area (Å²) >= 11 is 0. The summed E-state index contributed by atoms with van der Waals surface area (Å²) in [5.41, 5.74) is 0.383. The summed E-state index contributed by atoms with van der Waals surface area (Å²) in [5, 5.41) is 20.2. The maximum Gasteiger partial charge on any atom is 0.176 e. The van der Waals surface area contributed by atoms with Crippen LogP contribution in [0.1, 0.15) is 28.8 Å². The minimum atomic E-state index is -0.796. The first-order valence-corrected chi connectivity index (χ1v) is 9.52. The van der Waals surface area contributed by atoms with E-state index in [1.165, 1.54) is 24.3 Å². The van der Waals surface area contributed by atoms with Crippen LogP contribution in [0.3, 0.4) is 0 Å². The summed E-state index contributed by atoms with van der Waals surface area (Å²) in [4.78, 5) is 14.5. The molecule has 4 nitrogen and oxygen atoms in total. The van der Waals surface area contributed by atoms with Gasteiger partial charge in [0.1, 0.15) is 5.82 Å². The highest BCUT2D eigenvalue weighted by Crippen LogP contribution is 2.45. The van der Waals surface area contributed by atoms with Crippen LogP contribution in [-0.4, -0.2) is 46.1 Å². The molecule has 1 saturated carbocycles. The number of likely N-dealkylation sites (tertiary alicyclic amines) is 1. The van der Waals surface area contributed by atoms with Gasteiger partial charge in [0.25, 0.3) is 0 Å². The Morgan fingerprint density at radius 2 is 1.71 bits per heavy atom. The number of carbonyl (C=O) groups excluding carboxylic acids is 1. The Balaban J connectivity index is 1.34. The van der Waals surface area contributed by atoms with Crippen molar-refractivity contribution in [3.8, 4) is 5.75 Å². The Morgan fingerprint density at radius 1 is 1.07 bits per heavy atom. The molecule has 1 saturated heterocycles. The molecule has 28 heavy (non-hydrogen) atoms. The van der Waals surface area contributed by atoms with Crippen molar-refractivity contribution in [2.45, 2.75) is 24.9 Å². The van der Waals surface area contributed by atoms with Gasteiger partial charge in [0.15, 0.2) is 17.3 Å². The second-order valence-corrected chi connectivity index (χ2v) is 8.24. The smallest absolute Gasteiger partial charge is 0.176 e. The molecule has 1 aliphatic heterocycles. The summed E-state index contributed by atoms with van der Waals surface area (Å²) < 4.78 is 26.5. The number of ketones is 1. The summed E-state index contributed by atoms with van der Waals surface area (Å²) in [5.74, 6) is -1.10. The highest BCUT2D eigenvalue weighted by molar-refractivity contribution is 5.97. The first kappa shape index (κ1) is 19.0. The molecule has 0 spiro atoms. The van der Waals surface area contributed by atoms with Crippen LogP contribution in [0.25, 0.3) is 0 Å². The molecule has 6 heteroatoms. The SMILES string of the molecule is O=C(CN1C[C@@H]2C[C@@](O)(Cc3ccc(F)cc3)C[C@@H]2C1)c1ccc(O)c(F)c1. The predicted octanol–water partition coefficient (Wildman–Crippen LogP) is 3.17. The third-order valence-corrected chi connectivity index (χ3v) is 6.02. The van der Waals surface area contributed by atoms with E-state index in [4.69, 9.17) is 0 Å². The number of aromatic hydroxyl groups is 1. The van der Waals surface area contributed by atoms with Gasteiger partial charge < -0.3 is 10.2 Å². The highest BCUT2D eigenvalue weighted by atomic mass is 19.1. The molecule has 0 bridgehead atoms. The number of hydrogen-bond acceptors (Lipinski definition) is 4. The molecular weight excluding hydrogens is 364 g/mol. The number of hydrogen-bond donors (Lipinski definition) is 2. The summed E-state index contributed by atoms with van der Waals surface area (Å²) in [7, 11) is 0. The number of aliphatic hydroxyl groups is 1. The van der Waals surface area contributed by atoms with E-state index >= 15 is 0 Å². The largest absolute Gasteiger partial charge is 0.505 e. The molecule has 0 amide bonds. The van der Waals surface area contributed by atoms with E-state index in [1.54, 1.807) is 12.1 Å². The van der Waals surface area contributed by atoms with Gasteiger partial charge in [-0.25, -0.2) is 8.78 Å². The predicted molar refractivity (Wildman–Crippen MR) is 100 cm³/mol. The maximum absolute atomic E-state index is 13.5. The second kappa shape index (κ2) is 7.26. The lowest BCUT2D eigenvalue weighted by Crippen LogP contribution is -2.34. The number of fused-ring (bicyclic) bond motifs is 1. The first-order valence-electron chi connectivity index (χ1n) is 9.52. The van der Waals surface area contributed by atoms with Crippen LogP contribution < -0.4 is 0 Å². The Bertz CT molecular complexity index is 870. The maximum atomic E-state index is 13.5. The van der Waals surface area contributed by atoms with Crippen molar-refractivity contribution in [1.29, 1.82) is 0 Å². The normalized spacial score (nSPS) is 27.1. The Morgan fingerprint density at radius 3 is 2.32 bits per heavy atom. The molecule has 4 rings (SSSR count). The monoisotopic (exact) mass is 387 g/mol. The van der Waals surface area contributed by atoms with Gasteiger partial charge in [-0.05, 0) is 60.6 Å². The van der Waals surface area contributed by atoms with Crippen LogP contribution in [-0.2, 0) is 6.42 Å². The van der Waals surface area contributed by atoms with E-state index in [0.717, 1.165) is 24.7 Å². The van der Waals surface area contributed by atoms with Gasteiger partial charge in [0, 0.05) is 25.1 Å². The Hall–Kier alpha value is -2.31. The van der Waals surface area contributed by atoms with Crippen molar-refractivity contribution in [3.63, 3.8) is 0 Å². The zero-order valence-corrected chi connectivity index (χ0v) is 15.4. The van der Waals surface area contributed by atoms with E-state index in [9.17, 15) is 23.8 Å². The summed E-state index contributed by atoms with van der Waals surface area (Å²) in [6, 6.07) is 9.93. The second-order valence-electron chi connectivity index (χ2n) is 8.24. The quantitative estimate of drug-likeness (QED) is 0.774. The van der Waals surface area contributed by atoms with Gasteiger partial charge in [-0.15, -0.1) is 0 Å². The summed E-state index contributed by atoms with van der Waals surface area (Å²) in [6.45, 7) is 1.65. The lowest BCUT2D eigenvalue weighted by atomic mass is 9.91. The number of nitrogens with zero attached hydrogens (tertiary/aromatic N) is 1. The zero-order chi connectivity index (χ0) is 19.9. The molecule has 148 valence electrons. The molecule has 1 aliphatic carbocycles. The van der Waals surface area contributed by atoms with Crippen molar-refractivity contribution in [2.75, 3.05) is 19.6 Å². The number of carbonyl (C=O) groups is 1. The number of rotatable bonds is 5. The van der Waals surface area contributed by atoms with Crippen LogP contribution in [0.4, 0.5) is 8.78 Å². The molecule has 2 N–H and O–H groups in total. The van der Waals surface area contributed by atoms with E-state index in [0.29, 0.717) is 31.1 Å². The van der Waals surface area contributed by atoms with Gasteiger partial charge >= 0.3 is 0 Å². The van der Waals surface area contributed by atoms with E-state index < -0.39 is 17.2 Å². The molecule has 0 radical (unpaired) electrons. The third-order valence-electron chi connectivity index (χ3n) is 6.02. The average molecular weight is 387 g/mol. The van der Waals surface area contributed by atoms with Gasteiger partial charge in [-0.2, -0.15) is 0 Å². The first-order chi connectivity index (χ1) is 13.3. The molecular formula is C22H23F2NO3. The molecule has 2 aliphatic rings. The van der Waals surface area contributed by atoms with Crippen LogP contribution in [0.5, 0.6) is 5.75 Å². The van der Waals surface area contributed by atoms with Gasteiger partial charge in [0.2, 0.25) is 0 Å². The van der Waals surface area contributed by atoms with Crippen LogP contribution >= 0.6 is 0 Å². The minimum absolute atomic E-state index is 0.180. The van der Waals surface area contributed by atoms with Gasteiger partial charge in [-0.1, -0.05) is 12.1 Å². The lowest BCUT2D eigenvalue weighted by molar-refractivity contribution is 0.0355. The van der Waals surface area contributed by atoms with Crippen molar-refractivity contribution in [1.82, 2.24) is 4.90 Å². The molecule has 0 aromatic heterocycles. The van der Waals surface area contributed by atoms with E-state index in [2.05, 4.69) is 4.90 Å². The average Bonchev–Trinajstić information content (AvgIpc) is 3.13. The molecule has 0 unspecified atom stereocenters. The van der Waals surface area contributed by atoms with Crippen molar-refractivity contribution in [2.24, 2.45) is 11.8 Å². The zero-order valence-electron chi connectivity index (χ0n) is 15.4. The number of halogens is 2. The van der Waals surface area contributed by atoms with Gasteiger partial charge in [0.05, 0.1) is 12.1 Å². The molecule has 3 atom stereocenters. The van der Waals surface area contributed by atoms with E-state index in [1.807, 2.05) is 0 Å².